The standard InChI is InChI=1S/2C10H15.C2H6S4.2Ni/c2*1-6-7(2)9(4)10(5)8(6)3;3-1(4)2(5)6;;/h2*1-5H3;1-6H;;/q2*-1;;;/p-4. The van der Waals surface area contributed by atoms with Crippen LogP contribution in [0, 0.1) is 69.2 Å². The van der Waals surface area contributed by atoms with E-state index in [1.807, 2.05) is 0 Å². The molecule has 0 fully saturated rings. The van der Waals surface area contributed by atoms with Gasteiger partial charge in [-0.1, -0.05) is 69.2 Å². The zero-order valence-corrected chi connectivity index (χ0v) is 23.7. The maximum absolute atomic E-state index is 4.51. The summed E-state index contributed by atoms with van der Waals surface area (Å²) in [5, 5.41) is 0. The van der Waals surface area contributed by atoms with Crippen molar-refractivity contribution in [3.8, 4) is 0 Å². The van der Waals surface area contributed by atoms with Crippen LogP contribution in [0.15, 0.2) is 0 Å². The maximum Gasteiger partial charge on any atom is 0 e. The molecule has 2 aromatic carbocycles. The molecule has 170 valence electrons. The van der Waals surface area contributed by atoms with Crippen molar-refractivity contribution < 1.29 is 33.0 Å². The van der Waals surface area contributed by atoms with Gasteiger partial charge >= 0.3 is 0 Å². The Bertz CT molecular complexity index is 503. The van der Waals surface area contributed by atoms with Gasteiger partial charge in [-0.3, -0.25) is 0 Å². The molecule has 0 nitrogen and oxygen atoms in total. The van der Waals surface area contributed by atoms with Gasteiger partial charge in [0.05, 0.1) is 0 Å². The van der Waals surface area contributed by atoms with Crippen molar-refractivity contribution in [2.75, 3.05) is 0 Å². The Kier molecular flexibility index (Phi) is 18.0. The summed E-state index contributed by atoms with van der Waals surface area (Å²) < 4.78 is -0.704. The number of hydrogen-bond donors (Lipinski definition) is 0. The smallest absolute Gasteiger partial charge is 0 e. The fourth-order valence-electron chi connectivity index (χ4n) is 2.81. The summed E-state index contributed by atoms with van der Waals surface area (Å²) in [4.78, 5) is 0. The number of hydrogen-bond acceptors (Lipinski definition) is 4. The second-order valence-electron chi connectivity index (χ2n) is 6.99. The molecule has 0 aliphatic carbocycles. The van der Waals surface area contributed by atoms with E-state index in [1.165, 1.54) is 55.6 Å². The van der Waals surface area contributed by atoms with E-state index in [1.54, 1.807) is 0 Å². The van der Waals surface area contributed by atoms with Crippen LogP contribution in [0.5, 0.6) is 0 Å². The van der Waals surface area contributed by atoms with Crippen LogP contribution in [0.4, 0.5) is 0 Å². The van der Waals surface area contributed by atoms with Gasteiger partial charge in [-0.2, -0.15) is 55.6 Å². The minimum Gasteiger partial charge on any atom is -0.818 e. The van der Waals surface area contributed by atoms with Crippen molar-refractivity contribution in [3.63, 3.8) is 0 Å². The Balaban J connectivity index is -0.000000335. The molecule has 6 heteroatoms. The van der Waals surface area contributed by atoms with Gasteiger partial charge in [0, 0.05) is 33.0 Å². The summed E-state index contributed by atoms with van der Waals surface area (Å²) in [5.74, 6) is 0. The Labute approximate surface area is 216 Å². The summed E-state index contributed by atoms with van der Waals surface area (Å²) >= 11 is 18.0. The molecular formula is C22H32Ni2S4-6. The first kappa shape index (κ1) is 33.7. The van der Waals surface area contributed by atoms with E-state index in [-0.39, 0.29) is 42.1 Å². The van der Waals surface area contributed by atoms with Crippen LogP contribution < -0.4 is 0 Å². The first-order chi connectivity index (χ1) is 11.7. The quantitative estimate of drug-likeness (QED) is 0.257. The molecular weight excluding hydrogens is 510 g/mol. The molecule has 2 rings (SSSR count). The van der Waals surface area contributed by atoms with Gasteiger partial charge in [0.25, 0.3) is 0 Å². The summed E-state index contributed by atoms with van der Waals surface area (Å²) in [7, 11) is 0. The van der Waals surface area contributed by atoms with Gasteiger partial charge in [-0.15, -0.1) is 0 Å². The van der Waals surface area contributed by atoms with Crippen molar-refractivity contribution >= 4 is 50.5 Å². The van der Waals surface area contributed by atoms with Gasteiger partial charge in [-0.05, 0) is 0 Å². The Hall–Kier alpha value is 1.09. The molecule has 0 N–H and O–H groups in total. The molecule has 0 saturated heterocycles. The fourth-order valence-corrected chi connectivity index (χ4v) is 2.81. The Morgan fingerprint density at radius 1 is 0.464 bits per heavy atom. The molecule has 0 bridgehead atoms. The number of rotatable bonds is 1. The van der Waals surface area contributed by atoms with E-state index in [9.17, 15) is 0 Å². The SMILES string of the molecule is Cc1c(C)c(C)[c-](C)c1C.Cc1c(C)c(C)[c-](C)c1C.[Ni].[Ni].[S-]C([S-])C([S-])[S-]. The van der Waals surface area contributed by atoms with E-state index in [0.717, 1.165) is 0 Å². The molecule has 0 amide bonds. The monoisotopic (exact) mass is 540 g/mol. The van der Waals surface area contributed by atoms with Gasteiger partial charge in [0.2, 0.25) is 0 Å². The predicted molar refractivity (Wildman–Crippen MR) is 128 cm³/mol. The van der Waals surface area contributed by atoms with E-state index >= 15 is 0 Å². The summed E-state index contributed by atoms with van der Waals surface area (Å²) in [5.41, 5.74) is 14.7. The fraction of sp³-hybridized carbons (Fsp3) is 0.545. The molecule has 0 unspecified atom stereocenters. The predicted octanol–water partition coefficient (Wildman–Crippen LogP) is 5.72. The van der Waals surface area contributed by atoms with Crippen LogP contribution in [0.3, 0.4) is 0 Å². The zero-order chi connectivity index (χ0) is 20.9. The normalized spacial score (nSPS) is 9.86. The van der Waals surface area contributed by atoms with E-state index in [2.05, 4.69) is 120 Å². The van der Waals surface area contributed by atoms with E-state index in [4.69, 9.17) is 0 Å². The van der Waals surface area contributed by atoms with Crippen molar-refractivity contribution in [2.45, 2.75) is 78.4 Å². The average molecular weight is 542 g/mol. The van der Waals surface area contributed by atoms with Crippen molar-refractivity contribution in [2.24, 2.45) is 0 Å². The summed E-state index contributed by atoms with van der Waals surface area (Å²) in [6, 6.07) is 0. The van der Waals surface area contributed by atoms with Gasteiger partial charge in [0.1, 0.15) is 0 Å². The summed E-state index contributed by atoms with van der Waals surface area (Å²) in [6.07, 6.45) is 0. The minimum absolute atomic E-state index is 0. The molecule has 0 spiro atoms. The molecule has 2 aromatic rings. The molecule has 0 heterocycles. The molecule has 0 aliphatic rings. The Morgan fingerprint density at radius 3 is 0.643 bits per heavy atom. The third-order valence-corrected chi connectivity index (χ3v) is 7.62. The molecule has 0 aromatic heterocycles. The topological polar surface area (TPSA) is 0 Å². The molecule has 0 saturated carbocycles. The van der Waals surface area contributed by atoms with Crippen LogP contribution in [0.1, 0.15) is 55.6 Å². The van der Waals surface area contributed by atoms with Crippen molar-refractivity contribution in [1.29, 1.82) is 0 Å². The molecule has 0 radical (unpaired) electrons. The molecule has 0 atom stereocenters. The first-order valence-corrected chi connectivity index (χ1v) is 10.7. The molecule has 0 aliphatic heterocycles. The van der Waals surface area contributed by atoms with Crippen LogP contribution in [-0.4, -0.2) is 9.16 Å². The maximum atomic E-state index is 4.51. The van der Waals surface area contributed by atoms with Crippen LogP contribution in [-0.2, 0) is 83.5 Å². The average Bonchev–Trinajstić information content (AvgIpc) is 2.86. The summed E-state index contributed by atoms with van der Waals surface area (Å²) in [6.45, 7) is 22.0. The van der Waals surface area contributed by atoms with Gasteiger partial charge in [0.15, 0.2) is 0 Å². The van der Waals surface area contributed by atoms with Crippen molar-refractivity contribution in [3.05, 3.63) is 55.6 Å². The first-order valence-electron chi connectivity index (χ1n) is 8.78. The second-order valence-corrected chi connectivity index (χ2v) is 9.62. The minimum atomic E-state index is -0.352. The third-order valence-electron chi connectivity index (χ3n) is 5.85. The second kappa shape index (κ2) is 15.0. The zero-order valence-electron chi connectivity index (χ0n) is 18.4. The van der Waals surface area contributed by atoms with Crippen LogP contribution in [0.25, 0.3) is 0 Å². The van der Waals surface area contributed by atoms with Crippen LogP contribution >= 0.6 is 0 Å². The van der Waals surface area contributed by atoms with Gasteiger partial charge < -0.3 is 59.7 Å². The van der Waals surface area contributed by atoms with E-state index < -0.39 is 0 Å². The van der Waals surface area contributed by atoms with Crippen LogP contribution in [0.2, 0.25) is 0 Å². The van der Waals surface area contributed by atoms with Gasteiger partial charge in [-0.25, -0.2) is 0 Å². The van der Waals surface area contributed by atoms with Crippen molar-refractivity contribution in [1.82, 2.24) is 0 Å². The largest absolute Gasteiger partial charge is 0.818 e. The third kappa shape index (κ3) is 9.07. The molecule has 28 heavy (non-hydrogen) atoms. The van der Waals surface area contributed by atoms with E-state index in [0.29, 0.717) is 0 Å². The Morgan fingerprint density at radius 2 is 0.607 bits per heavy atom.